The van der Waals surface area contributed by atoms with Gasteiger partial charge in [-0.15, -0.1) is 0 Å². The normalized spacial score (nSPS) is 10.7. The largest absolute Gasteiger partial charge is 0.494 e. The Labute approximate surface area is 120 Å². The molecule has 2 rings (SSSR count). The van der Waals surface area contributed by atoms with Crippen LogP contribution in [-0.2, 0) is 6.42 Å². The van der Waals surface area contributed by atoms with Crippen LogP contribution >= 0.6 is 15.9 Å². The van der Waals surface area contributed by atoms with Crippen molar-refractivity contribution in [3.05, 3.63) is 44.8 Å². The number of aryl methyl sites for hydroxylation is 1. The Kier molecular flexibility index (Phi) is 4.47. The number of benzene rings is 1. The average Bonchev–Trinajstić information content (AvgIpc) is 2.69. The van der Waals surface area contributed by atoms with Gasteiger partial charge >= 0.3 is 0 Å². The Morgan fingerprint density at radius 3 is 2.53 bits per heavy atom. The van der Waals surface area contributed by atoms with Crippen LogP contribution in [0.2, 0.25) is 0 Å². The molecule has 4 nitrogen and oxygen atoms in total. The van der Waals surface area contributed by atoms with Crippen LogP contribution in [0.25, 0.3) is 5.69 Å². The molecule has 0 aliphatic carbocycles. The summed E-state index contributed by atoms with van der Waals surface area (Å²) < 4.78 is 7.55. The molecule has 1 N–H and O–H groups in total. The second kappa shape index (κ2) is 6.10. The number of H-pyrrole nitrogens is 1. The first kappa shape index (κ1) is 13.9. The summed E-state index contributed by atoms with van der Waals surface area (Å²) in [6.45, 7) is 4.66. The summed E-state index contributed by atoms with van der Waals surface area (Å²) in [6.07, 6.45) is 1.84. The molecule has 5 heteroatoms. The molecule has 1 aromatic heterocycles. The molecular weight excluding hydrogens is 308 g/mol. The van der Waals surface area contributed by atoms with Crippen LogP contribution in [0, 0.1) is 0 Å². The number of hydrogen-bond donors (Lipinski definition) is 1. The number of nitrogens with one attached hydrogen (secondary N) is 1. The first-order valence-corrected chi connectivity index (χ1v) is 7.19. The highest BCUT2D eigenvalue weighted by Crippen LogP contribution is 2.17. The molecule has 19 heavy (non-hydrogen) atoms. The molecule has 0 fully saturated rings. The van der Waals surface area contributed by atoms with E-state index in [0.717, 1.165) is 30.0 Å². The monoisotopic (exact) mass is 324 g/mol. The zero-order valence-corrected chi connectivity index (χ0v) is 12.7. The lowest BCUT2D eigenvalue weighted by atomic mass is 10.3. The third-order valence-corrected chi connectivity index (χ3v) is 3.63. The molecule has 0 aliphatic rings. The van der Waals surface area contributed by atoms with Crippen LogP contribution in [-0.4, -0.2) is 16.4 Å². The van der Waals surface area contributed by atoms with E-state index in [0.29, 0.717) is 11.1 Å². The molecule has 0 atom stereocenters. The van der Waals surface area contributed by atoms with Gasteiger partial charge in [0.25, 0.3) is 5.56 Å². The molecule has 0 radical (unpaired) electrons. The fourth-order valence-electron chi connectivity index (χ4n) is 1.92. The lowest BCUT2D eigenvalue weighted by Crippen LogP contribution is -2.14. The molecule has 0 saturated carbocycles. The van der Waals surface area contributed by atoms with Crippen molar-refractivity contribution in [2.45, 2.75) is 26.7 Å². The molecule has 0 amide bonds. The molecule has 0 bridgehead atoms. The predicted octanol–water partition coefficient (Wildman–Crippen LogP) is 3.28. The summed E-state index contributed by atoms with van der Waals surface area (Å²) in [5, 5.41) is 3.13. The van der Waals surface area contributed by atoms with Crippen LogP contribution < -0.4 is 10.3 Å². The van der Waals surface area contributed by atoms with Crippen LogP contribution in [0.3, 0.4) is 0 Å². The lowest BCUT2D eigenvalue weighted by molar-refractivity contribution is 0.340. The van der Waals surface area contributed by atoms with Crippen molar-refractivity contribution >= 4 is 15.9 Å². The molecular formula is C14H17BrN2O2. The maximum absolute atomic E-state index is 12.1. The Bertz CT molecular complexity index is 599. The van der Waals surface area contributed by atoms with E-state index in [1.165, 1.54) is 0 Å². The average molecular weight is 325 g/mol. The number of halogens is 1. The van der Waals surface area contributed by atoms with Crippen molar-refractivity contribution in [3.8, 4) is 11.4 Å². The van der Waals surface area contributed by atoms with Crippen molar-refractivity contribution in [1.82, 2.24) is 9.78 Å². The van der Waals surface area contributed by atoms with Gasteiger partial charge in [-0.3, -0.25) is 9.89 Å². The number of aromatic nitrogens is 2. The quantitative estimate of drug-likeness (QED) is 0.917. The maximum Gasteiger partial charge on any atom is 0.285 e. The van der Waals surface area contributed by atoms with Crippen molar-refractivity contribution in [2.75, 3.05) is 6.61 Å². The fraction of sp³-hybridized carbons (Fsp3) is 0.357. The van der Waals surface area contributed by atoms with E-state index >= 15 is 0 Å². The van der Waals surface area contributed by atoms with E-state index < -0.39 is 0 Å². The number of rotatable bonds is 5. The molecule has 1 heterocycles. The predicted molar refractivity (Wildman–Crippen MR) is 79.3 cm³/mol. The van der Waals surface area contributed by atoms with Gasteiger partial charge in [-0.05, 0) is 53.5 Å². The van der Waals surface area contributed by atoms with Gasteiger partial charge in [-0.2, -0.15) is 0 Å². The van der Waals surface area contributed by atoms with Gasteiger partial charge in [-0.25, -0.2) is 4.68 Å². The summed E-state index contributed by atoms with van der Waals surface area (Å²) in [5.74, 6) is 0.804. The minimum Gasteiger partial charge on any atom is -0.494 e. The van der Waals surface area contributed by atoms with Crippen LogP contribution in [0.4, 0.5) is 0 Å². The topological polar surface area (TPSA) is 47.0 Å². The number of hydrogen-bond acceptors (Lipinski definition) is 2. The second-order valence-corrected chi connectivity index (χ2v) is 5.01. The van der Waals surface area contributed by atoms with Gasteiger partial charge in [0.05, 0.1) is 18.0 Å². The third-order valence-electron chi connectivity index (χ3n) is 2.81. The summed E-state index contributed by atoms with van der Waals surface area (Å²) >= 11 is 3.35. The van der Waals surface area contributed by atoms with Crippen LogP contribution in [0.5, 0.6) is 5.75 Å². The van der Waals surface area contributed by atoms with Gasteiger partial charge < -0.3 is 4.74 Å². The molecule has 0 spiro atoms. The minimum atomic E-state index is -0.0624. The molecule has 2 aromatic rings. The van der Waals surface area contributed by atoms with E-state index in [1.54, 1.807) is 4.68 Å². The van der Waals surface area contributed by atoms with Crippen molar-refractivity contribution in [1.29, 1.82) is 0 Å². The third kappa shape index (κ3) is 2.92. The summed E-state index contributed by atoms with van der Waals surface area (Å²) in [4.78, 5) is 12.1. The van der Waals surface area contributed by atoms with Gasteiger partial charge in [0.2, 0.25) is 0 Å². The SMILES string of the molecule is CCCc1[nH]n(-c2ccc(OCC)cc2)c(=O)c1Br. The highest BCUT2D eigenvalue weighted by Gasteiger charge is 2.11. The van der Waals surface area contributed by atoms with E-state index in [4.69, 9.17) is 4.74 Å². The smallest absolute Gasteiger partial charge is 0.285 e. The zero-order chi connectivity index (χ0) is 13.8. The first-order chi connectivity index (χ1) is 9.17. The highest BCUT2D eigenvalue weighted by molar-refractivity contribution is 9.10. The number of nitrogens with zero attached hydrogens (tertiary/aromatic N) is 1. The molecule has 0 unspecified atom stereocenters. The second-order valence-electron chi connectivity index (χ2n) is 4.22. The number of ether oxygens (including phenoxy) is 1. The standard InChI is InChI=1S/C14H17BrN2O2/c1-3-5-12-13(15)14(18)17(16-12)10-6-8-11(9-7-10)19-4-2/h6-9,16H,3-5H2,1-2H3. The van der Waals surface area contributed by atoms with Crippen molar-refractivity contribution in [2.24, 2.45) is 0 Å². The summed E-state index contributed by atoms with van der Waals surface area (Å²) in [7, 11) is 0. The molecule has 0 saturated heterocycles. The van der Waals surface area contributed by atoms with E-state index in [1.807, 2.05) is 31.2 Å². The van der Waals surface area contributed by atoms with Crippen molar-refractivity contribution in [3.63, 3.8) is 0 Å². The van der Waals surface area contributed by atoms with E-state index in [2.05, 4.69) is 28.0 Å². The van der Waals surface area contributed by atoms with Crippen LogP contribution in [0.1, 0.15) is 26.0 Å². The van der Waals surface area contributed by atoms with Gasteiger partial charge in [0.1, 0.15) is 10.2 Å². The van der Waals surface area contributed by atoms with E-state index in [9.17, 15) is 4.79 Å². The fourth-order valence-corrected chi connectivity index (χ4v) is 2.38. The summed E-state index contributed by atoms with van der Waals surface area (Å²) in [6, 6.07) is 7.45. The first-order valence-electron chi connectivity index (χ1n) is 6.40. The van der Waals surface area contributed by atoms with Gasteiger partial charge in [-0.1, -0.05) is 13.3 Å². The minimum absolute atomic E-state index is 0.0624. The Balaban J connectivity index is 2.36. The van der Waals surface area contributed by atoms with Crippen LogP contribution in [0.15, 0.2) is 33.5 Å². The zero-order valence-electron chi connectivity index (χ0n) is 11.1. The molecule has 0 aliphatic heterocycles. The van der Waals surface area contributed by atoms with E-state index in [-0.39, 0.29) is 5.56 Å². The Morgan fingerprint density at radius 1 is 1.26 bits per heavy atom. The Hall–Kier alpha value is -1.49. The highest BCUT2D eigenvalue weighted by atomic mass is 79.9. The Morgan fingerprint density at radius 2 is 1.95 bits per heavy atom. The molecule has 1 aromatic carbocycles. The van der Waals surface area contributed by atoms with Crippen molar-refractivity contribution < 1.29 is 4.74 Å². The molecule has 102 valence electrons. The summed E-state index contributed by atoms with van der Waals surface area (Å²) in [5.41, 5.74) is 1.67. The lowest BCUT2D eigenvalue weighted by Gasteiger charge is -2.05. The number of aromatic amines is 1. The van der Waals surface area contributed by atoms with Gasteiger partial charge in [0.15, 0.2) is 0 Å². The maximum atomic E-state index is 12.1. The van der Waals surface area contributed by atoms with Gasteiger partial charge in [0, 0.05) is 0 Å².